The van der Waals surface area contributed by atoms with Gasteiger partial charge in [-0.1, -0.05) is 32.9 Å². The number of hydrogen-bond donors (Lipinski definition) is 1. The number of carbonyl (C=O) groups is 1. The van der Waals surface area contributed by atoms with Gasteiger partial charge in [0.1, 0.15) is 13.7 Å². The maximum Gasteiger partial charge on any atom is 0.230 e. The molecule has 72 valence electrons. The first-order valence-electron chi connectivity index (χ1n) is 4.43. The van der Waals surface area contributed by atoms with Crippen LogP contribution in [-0.4, -0.2) is 18.7 Å². The van der Waals surface area contributed by atoms with E-state index in [2.05, 4.69) is 10.3 Å². The topological polar surface area (TPSA) is 42.0 Å². The lowest BCUT2D eigenvalue weighted by Crippen LogP contribution is -2.28. The molecule has 0 spiro atoms. The van der Waals surface area contributed by atoms with Gasteiger partial charge in [-0.3, -0.25) is 4.79 Å². The minimum Gasteiger partial charge on any atom is -0.310 e. The Morgan fingerprint density at radius 1 is 1.43 bits per heavy atom. The molecule has 0 aliphatic heterocycles. The second kappa shape index (κ2) is 3.82. The van der Waals surface area contributed by atoms with Gasteiger partial charge >= 0.3 is 0 Å². The molecular weight excluding hydrogens is 175 g/mol. The average Bonchev–Trinajstić information content (AvgIpc) is 2.02. The maximum absolute atomic E-state index is 11.6. The Morgan fingerprint density at radius 3 is 2.57 bits per heavy atom. The number of nitrogens with one attached hydrogen (secondary N) is 1. The third-order valence-electron chi connectivity index (χ3n) is 1.69. The highest BCUT2D eigenvalue weighted by Crippen LogP contribution is 2.15. The Balaban J connectivity index is 2.75. The van der Waals surface area contributed by atoms with E-state index in [9.17, 15) is 4.79 Å². The average molecular weight is 188 g/mol. The maximum atomic E-state index is 11.6. The van der Waals surface area contributed by atoms with Crippen molar-refractivity contribution in [1.82, 2.24) is 4.98 Å². The number of nitrogens with zero attached hydrogens (tertiary/aromatic N) is 1. The van der Waals surface area contributed by atoms with Crippen LogP contribution in [0.4, 0.5) is 5.82 Å². The summed E-state index contributed by atoms with van der Waals surface area (Å²) in [6.45, 7) is 5.53. The van der Waals surface area contributed by atoms with E-state index >= 15 is 0 Å². The third-order valence-corrected chi connectivity index (χ3v) is 1.69. The number of rotatable bonds is 1. The number of carbonyl (C=O) groups excluding carboxylic acids is 1. The van der Waals surface area contributed by atoms with Crippen molar-refractivity contribution in [2.45, 2.75) is 20.8 Å². The van der Waals surface area contributed by atoms with E-state index in [-0.39, 0.29) is 5.91 Å². The van der Waals surface area contributed by atoms with Crippen molar-refractivity contribution in [3.8, 4) is 0 Å². The summed E-state index contributed by atoms with van der Waals surface area (Å²) in [5.74, 6) is 0.417. The summed E-state index contributed by atoms with van der Waals surface area (Å²) in [5, 5.41) is 2.69. The molecule has 0 saturated carbocycles. The van der Waals surface area contributed by atoms with Gasteiger partial charge in [0, 0.05) is 5.41 Å². The number of amides is 1. The molecule has 1 aromatic heterocycles. The van der Waals surface area contributed by atoms with Crippen molar-refractivity contribution < 1.29 is 4.79 Å². The minimum atomic E-state index is -0.424. The van der Waals surface area contributed by atoms with Gasteiger partial charge in [-0.15, -0.1) is 0 Å². The predicted octanol–water partition coefficient (Wildman–Crippen LogP) is 0.860. The Bertz CT molecular complexity index is 344. The standard InChI is InChI=1S/C10H13BN2O/c1-10(2,3)9(14)13-8-6-4-5-7(11)12-8/h4-6H,1-3H3,(H,12,13,14). The number of aromatic nitrogens is 1. The van der Waals surface area contributed by atoms with Crippen molar-refractivity contribution >= 4 is 25.2 Å². The molecule has 0 aliphatic carbocycles. The highest BCUT2D eigenvalue weighted by Gasteiger charge is 2.21. The van der Waals surface area contributed by atoms with Crippen molar-refractivity contribution in [3.63, 3.8) is 0 Å². The van der Waals surface area contributed by atoms with Crippen molar-refractivity contribution in [2.24, 2.45) is 5.41 Å². The lowest BCUT2D eigenvalue weighted by atomic mass is 9.96. The Morgan fingerprint density at radius 2 is 2.07 bits per heavy atom. The molecule has 1 amide bonds. The number of pyridine rings is 1. The third kappa shape index (κ3) is 2.87. The van der Waals surface area contributed by atoms with Crippen LogP contribution in [0.5, 0.6) is 0 Å². The van der Waals surface area contributed by atoms with Crippen molar-refractivity contribution in [1.29, 1.82) is 0 Å². The van der Waals surface area contributed by atoms with Crippen LogP contribution in [0, 0.1) is 5.41 Å². The molecule has 3 nitrogen and oxygen atoms in total. The van der Waals surface area contributed by atoms with Crippen LogP contribution >= 0.6 is 0 Å². The molecule has 1 aromatic rings. The Labute approximate surface area is 85.3 Å². The molecule has 2 radical (unpaired) electrons. The largest absolute Gasteiger partial charge is 0.310 e. The molecule has 0 bridgehead atoms. The fraction of sp³-hybridized carbons (Fsp3) is 0.400. The fourth-order valence-corrected chi connectivity index (χ4v) is 0.825. The van der Waals surface area contributed by atoms with E-state index in [4.69, 9.17) is 7.85 Å². The van der Waals surface area contributed by atoms with E-state index in [1.165, 1.54) is 0 Å². The molecule has 1 heterocycles. The lowest BCUT2D eigenvalue weighted by Gasteiger charge is -2.17. The van der Waals surface area contributed by atoms with Crippen LogP contribution in [0.25, 0.3) is 0 Å². The summed E-state index contributed by atoms with van der Waals surface area (Å²) in [6, 6.07) is 5.13. The molecule has 0 fully saturated rings. The SMILES string of the molecule is [B]c1cccc(NC(=O)C(C)(C)C)n1. The van der Waals surface area contributed by atoms with Gasteiger partial charge in [0.05, 0.1) is 0 Å². The fourth-order valence-electron chi connectivity index (χ4n) is 0.825. The number of anilines is 1. The van der Waals surface area contributed by atoms with Crippen molar-refractivity contribution in [3.05, 3.63) is 18.2 Å². The smallest absolute Gasteiger partial charge is 0.230 e. The van der Waals surface area contributed by atoms with Gasteiger partial charge < -0.3 is 5.32 Å². The molecule has 0 aliphatic rings. The zero-order valence-corrected chi connectivity index (χ0v) is 8.66. The lowest BCUT2D eigenvalue weighted by molar-refractivity contribution is -0.123. The van der Waals surface area contributed by atoms with Gasteiger partial charge in [-0.2, -0.15) is 0 Å². The first-order valence-corrected chi connectivity index (χ1v) is 4.43. The van der Waals surface area contributed by atoms with Crippen LogP contribution in [0.3, 0.4) is 0 Å². The summed E-state index contributed by atoms with van der Waals surface area (Å²) < 4.78 is 0. The zero-order chi connectivity index (χ0) is 10.8. The summed E-state index contributed by atoms with van der Waals surface area (Å²) in [4.78, 5) is 15.5. The van der Waals surface area contributed by atoms with E-state index < -0.39 is 5.41 Å². The van der Waals surface area contributed by atoms with Gasteiger partial charge in [-0.05, 0) is 11.7 Å². The monoisotopic (exact) mass is 188 g/mol. The molecule has 0 unspecified atom stereocenters. The van der Waals surface area contributed by atoms with Crippen LogP contribution < -0.4 is 10.9 Å². The van der Waals surface area contributed by atoms with Crippen LogP contribution in [0.15, 0.2) is 18.2 Å². The molecule has 0 atom stereocenters. The van der Waals surface area contributed by atoms with Gasteiger partial charge in [0.15, 0.2) is 0 Å². The molecule has 14 heavy (non-hydrogen) atoms. The summed E-state index contributed by atoms with van der Waals surface area (Å²) >= 11 is 0. The van der Waals surface area contributed by atoms with Crippen LogP contribution in [0.1, 0.15) is 20.8 Å². The van der Waals surface area contributed by atoms with E-state index in [0.29, 0.717) is 11.4 Å². The van der Waals surface area contributed by atoms with Gasteiger partial charge in [0.2, 0.25) is 5.91 Å². The molecule has 1 N–H and O–H groups in total. The predicted molar refractivity (Wildman–Crippen MR) is 57.7 cm³/mol. The molecular formula is C10H13BN2O. The van der Waals surface area contributed by atoms with E-state index in [1.54, 1.807) is 18.2 Å². The summed E-state index contributed by atoms with van der Waals surface area (Å²) in [5.41, 5.74) is -0.0246. The highest BCUT2D eigenvalue weighted by atomic mass is 16.2. The Kier molecular flexibility index (Phi) is 2.94. The van der Waals surface area contributed by atoms with Gasteiger partial charge in [-0.25, -0.2) is 4.98 Å². The second-order valence-electron chi connectivity index (χ2n) is 4.15. The van der Waals surface area contributed by atoms with Crippen molar-refractivity contribution in [2.75, 3.05) is 5.32 Å². The Hall–Kier alpha value is -1.32. The normalized spacial score (nSPS) is 11.1. The second-order valence-corrected chi connectivity index (χ2v) is 4.15. The number of hydrogen-bond acceptors (Lipinski definition) is 2. The molecule has 0 saturated heterocycles. The van der Waals surface area contributed by atoms with Crippen LogP contribution in [-0.2, 0) is 4.79 Å². The molecule has 0 aromatic carbocycles. The summed E-state index contributed by atoms with van der Waals surface area (Å²) in [7, 11) is 5.48. The van der Waals surface area contributed by atoms with E-state index in [0.717, 1.165) is 0 Å². The van der Waals surface area contributed by atoms with Crippen LogP contribution in [0.2, 0.25) is 0 Å². The first kappa shape index (κ1) is 10.8. The minimum absolute atomic E-state index is 0.0735. The highest BCUT2D eigenvalue weighted by molar-refractivity contribution is 6.30. The van der Waals surface area contributed by atoms with E-state index in [1.807, 2.05) is 20.8 Å². The first-order chi connectivity index (χ1) is 6.39. The quantitative estimate of drug-likeness (QED) is 0.664. The molecule has 4 heteroatoms. The summed E-state index contributed by atoms with van der Waals surface area (Å²) in [6.07, 6.45) is 0. The zero-order valence-electron chi connectivity index (χ0n) is 8.66. The van der Waals surface area contributed by atoms with Gasteiger partial charge in [0.25, 0.3) is 0 Å². The molecule has 1 rings (SSSR count).